The molecular formula is C19H18N4O. The molecule has 1 fully saturated rings. The Hall–Kier alpha value is -2.69. The zero-order chi connectivity index (χ0) is 16.1. The fourth-order valence-electron chi connectivity index (χ4n) is 3.84. The van der Waals surface area contributed by atoms with Crippen LogP contribution < -0.4 is 0 Å². The first-order chi connectivity index (χ1) is 11.8. The van der Waals surface area contributed by atoms with Gasteiger partial charge >= 0.3 is 0 Å². The minimum absolute atomic E-state index is 0.120. The van der Waals surface area contributed by atoms with Crippen LogP contribution in [0.25, 0.3) is 5.65 Å². The molecule has 5 rings (SSSR count). The van der Waals surface area contributed by atoms with Crippen molar-refractivity contribution in [3.63, 3.8) is 0 Å². The van der Waals surface area contributed by atoms with Gasteiger partial charge in [0, 0.05) is 12.2 Å². The lowest BCUT2D eigenvalue weighted by Gasteiger charge is -2.30. The van der Waals surface area contributed by atoms with Crippen LogP contribution in [0, 0.1) is 0 Å². The predicted octanol–water partition coefficient (Wildman–Crippen LogP) is 3.02. The van der Waals surface area contributed by atoms with Gasteiger partial charge in [-0.15, -0.1) is 10.2 Å². The minimum Gasteiger partial charge on any atom is -0.329 e. The smallest absolute Gasteiger partial charge is 0.256 e. The van der Waals surface area contributed by atoms with Crippen LogP contribution in [-0.2, 0) is 6.42 Å². The van der Waals surface area contributed by atoms with E-state index in [-0.39, 0.29) is 11.9 Å². The predicted molar refractivity (Wildman–Crippen MR) is 89.7 cm³/mol. The second kappa shape index (κ2) is 5.16. The maximum absolute atomic E-state index is 13.3. The van der Waals surface area contributed by atoms with Gasteiger partial charge in [-0.25, -0.2) is 0 Å². The minimum atomic E-state index is 0.120. The van der Waals surface area contributed by atoms with Crippen molar-refractivity contribution in [3.8, 4) is 0 Å². The summed E-state index contributed by atoms with van der Waals surface area (Å²) in [4.78, 5) is 15.4. The Morgan fingerprint density at radius 3 is 2.88 bits per heavy atom. The van der Waals surface area contributed by atoms with Crippen molar-refractivity contribution in [2.45, 2.75) is 37.8 Å². The molecule has 0 spiro atoms. The Bertz CT molecular complexity index is 928. The molecule has 1 unspecified atom stereocenters. The van der Waals surface area contributed by atoms with Gasteiger partial charge in [-0.2, -0.15) is 0 Å². The summed E-state index contributed by atoms with van der Waals surface area (Å²) in [5.74, 6) is 0.120. The molecule has 5 nitrogen and oxygen atoms in total. The van der Waals surface area contributed by atoms with E-state index < -0.39 is 0 Å². The lowest BCUT2D eigenvalue weighted by molar-refractivity contribution is 0.0657. The normalized spacial score (nSPS) is 19.4. The average Bonchev–Trinajstić information content (AvgIpc) is 3.18. The largest absolute Gasteiger partial charge is 0.329 e. The quantitative estimate of drug-likeness (QED) is 0.746. The zero-order valence-corrected chi connectivity index (χ0v) is 13.3. The van der Waals surface area contributed by atoms with Crippen molar-refractivity contribution < 1.29 is 4.79 Å². The molecule has 0 radical (unpaired) electrons. The van der Waals surface area contributed by atoms with Gasteiger partial charge in [0.25, 0.3) is 5.91 Å². The van der Waals surface area contributed by atoms with Crippen LogP contribution in [-0.4, -0.2) is 31.4 Å². The van der Waals surface area contributed by atoms with E-state index in [1.165, 1.54) is 11.1 Å². The Morgan fingerprint density at radius 2 is 2.00 bits per heavy atom. The summed E-state index contributed by atoms with van der Waals surface area (Å²) in [6.07, 6.45) is 7.78. The van der Waals surface area contributed by atoms with Crippen molar-refractivity contribution in [1.82, 2.24) is 19.5 Å². The van der Waals surface area contributed by atoms with Crippen LogP contribution in [0.4, 0.5) is 0 Å². The van der Waals surface area contributed by atoms with Gasteiger partial charge in [-0.3, -0.25) is 9.20 Å². The van der Waals surface area contributed by atoms with Crippen LogP contribution in [0.3, 0.4) is 0 Å². The SMILES string of the molecule is O=C(c1ccc2nncn2c1)N(C1CC1)C1CCc2ccccc21. The highest BCUT2D eigenvalue weighted by molar-refractivity contribution is 5.95. The second-order valence-electron chi connectivity index (χ2n) is 6.71. The van der Waals surface area contributed by atoms with E-state index in [9.17, 15) is 4.79 Å². The molecule has 2 aliphatic rings. The van der Waals surface area contributed by atoms with E-state index in [0.29, 0.717) is 11.6 Å². The van der Waals surface area contributed by atoms with Crippen LogP contribution in [0.15, 0.2) is 48.9 Å². The number of aromatic nitrogens is 3. The van der Waals surface area contributed by atoms with Crippen molar-refractivity contribution >= 4 is 11.6 Å². The molecule has 1 saturated carbocycles. The first-order valence-corrected chi connectivity index (χ1v) is 8.51. The topological polar surface area (TPSA) is 50.5 Å². The number of hydrogen-bond acceptors (Lipinski definition) is 3. The molecule has 120 valence electrons. The monoisotopic (exact) mass is 318 g/mol. The van der Waals surface area contributed by atoms with Crippen LogP contribution in [0.2, 0.25) is 0 Å². The first kappa shape index (κ1) is 13.7. The molecule has 2 aromatic heterocycles. The average molecular weight is 318 g/mol. The zero-order valence-electron chi connectivity index (χ0n) is 13.3. The van der Waals surface area contributed by atoms with E-state index >= 15 is 0 Å². The van der Waals surface area contributed by atoms with E-state index in [4.69, 9.17) is 0 Å². The summed E-state index contributed by atoms with van der Waals surface area (Å²) in [6.45, 7) is 0. The van der Waals surface area contributed by atoms with Gasteiger partial charge in [0.1, 0.15) is 6.33 Å². The van der Waals surface area contributed by atoms with Crippen molar-refractivity contribution in [2.75, 3.05) is 0 Å². The maximum atomic E-state index is 13.3. The molecule has 0 N–H and O–H groups in total. The Balaban J connectivity index is 1.53. The Labute approximate surface area is 139 Å². The summed E-state index contributed by atoms with van der Waals surface area (Å²) in [5.41, 5.74) is 4.17. The number of pyridine rings is 1. The summed E-state index contributed by atoms with van der Waals surface area (Å²) >= 11 is 0. The summed E-state index contributed by atoms with van der Waals surface area (Å²) in [5, 5.41) is 7.90. The van der Waals surface area contributed by atoms with Gasteiger partial charge < -0.3 is 4.90 Å². The lowest BCUT2D eigenvalue weighted by Crippen LogP contribution is -2.36. The van der Waals surface area contributed by atoms with Crippen LogP contribution in [0.1, 0.15) is 46.8 Å². The van der Waals surface area contributed by atoms with E-state index in [2.05, 4.69) is 39.4 Å². The van der Waals surface area contributed by atoms with Crippen molar-refractivity contribution in [1.29, 1.82) is 0 Å². The van der Waals surface area contributed by atoms with Gasteiger partial charge in [-0.05, 0) is 48.9 Å². The van der Waals surface area contributed by atoms with E-state index in [1.807, 2.05) is 18.3 Å². The molecular weight excluding hydrogens is 300 g/mol. The van der Waals surface area contributed by atoms with Crippen molar-refractivity contribution in [3.05, 3.63) is 65.6 Å². The van der Waals surface area contributed by atoms with Gasteiger partial charge in [0.05, 0.1) is 11.6 Å². The molecule has 1 atom stereocenters. The molecule has 0 saturated heterocycles. The number of hydrogen-bond donors (Lipinski definition) is 0. The highest BCUT2D eigenvalue weighted by Gasteiger charge is 2.40. The fourth-order valence-corrected chi connectivity index (χ4v) is 3.84. The van der Waals surface area contributed by atoms with E-state index in [0.717, 1.165) is 31.3 Å². The molecule has 0 bridgehead atoms. The number of rotatable bonds is 3. The Morgan fingerprint density at radius 1 is 1.12 bits per heavy atom. The number of carbonyl (C=O) groups excluding carboxylic acids is 1. The second-order valence-corrected chi connectivity index (χ2v) is 6.71. The molecule has 0 aliphatic heterocycles. The number of carbonyl (C=O) groups is 1. The maximum Gasteiger partial charge on any atom is 0.256 e. The van der Waals surface area contributed by atoms with Crippen molar-refractivity contribution in [2.24, 2.45) is 0 Å². The standard InChI is InChI=1S/C19H18N4O/c24-19(14-6-10-18-21-20-12-22(18)11-14)23(15-7-8-15)17-9-5-13-3-1-2-4-16(13)17/h1-4,6,10-12,15,17H,5,7-9H2. The molecule has 2 heterocycles. The molecule has 1 aromatic carbocycles. The number of aryl methyl sites for hydroxylation is 1. The highest BCUT2D eigenvalue weighted by atomic mass is 16.2. The van der Waals surface area contributed by atoms with E-state index in [1.54, 1.807) is 10.7 Å². The summed E-state index contributed by atoms with van der Waals surface area (Å²) in [6, 6.07) is 12.8. The number of benzene rings is 1. The van der Waals surface area contributed by atoms with Gasteiger partial charge in [0.2, 0.25) is 0 Å². The van der Waals surface area contributed by atoms with Crippen LogP contribution >= 0.6 is 0 Å². The lowest BCUT2D eigenvalue weighted by atomic mass is 10.1. The van der Waals surface area contributed by atoms with Gasteiger partial charge in [0.15, 0.2) is 5.65 Å². The molecule has 24 heavy (non-hydrogen) atoms. The number of nitrogens with zero attached hydrogens (tertiary/aromatic N) is 4. The molecule has 3 aromatic rings. The number of amides is 1. The molecule has 2 aliphatic carbocycles. The third-order valence-corrected chi connectivity index (χ3v) is 5.15. The summed E-state index contributed by atoms with van der Waals surface area (Å²) < 4.78 is 1.81. The van der Waals surface area contributed by atoms with Crippen LogP contribution in [0.5, 0.6) is 0 Å². The first-order valence-electron chi connectivity index (χ1n) is 8.51. The fraction of sp³-hybridized carbons (Fsp3) is 0.316. The molecule has 5 heteroatoms. The van der Waals surface area contributed by atoms with Gasteiger partial charge in [-0.1, -0.05) is 24.3 Å². The summed E-state index contributed by atoms with van der Waals surface area (Å²) in [7, 11) is 0. The highest BCUT2D eigenvalue weighted by Crippen LogP contribution is 2.42. The third kappa shape index (κ3) is 2.12. The third-order valence-electron chi connectivity index (χ3n) is 5.15. The molecule has 1 amide bonds. The Kier molecular flexibility index (Phi) is 2.95. The number of fused-ring (bicyclic) bond motifs is 2.